The monoisotopic (exact) mass is 307 g/mol. The summed E-state index contributed by atoms with van der Waals surface area (Å²) in [6, 6.07) is 13.0. The zero-order chi connectivity index (χ0) is 16.4. The molecule has 0 spiro atoms. The molecule has 0 aromatic heterocycles. The lowest BCUT2D eigenvalue weighted by atomic mass is 10.0. The number of hydrogen-bond acceptors (Lipinski definition) is 1. The van der Waals surface area contributed by atoms with E-state index >= 15 is 0 Å². The average molecular weight is 307 g/mol. The van der Waals surface area contributed by atoms with Crippen molar-refractivity contribution < 1.29 is 4.79 Å². The van der Waals surface area contributed by atoms with Gasteiger partial charge < -0.3 is 5.32 Å². The van der Waals surface area contributed by atoms with Crippen molar-refractivity contribution >= 4 is 5.91 Å². The van der Waals surface area contributed by atoms with E-state index in [0.29, 0.717) is 6.42 Å². The largest absolute Gasteiger partial charge is 0.349 e. The summed E-state index contributed by atoms with van der Waals surface area (Å²) in [6.07, 6.45) is 4.07. The van der Waals surface area contributed by atoms with Gasteiger partial charge in [-0.05, 0) is 67.9 Å². The highest BCUT2D eigenvalue weighted by atomic mass is 16.1. The lowest BCUT2D eigenvalue weighted by Gasteiger charge is -2.16. The number of hydrogen-bond donors (Lipinski definition) is 1. The van der Waals surface area contributed by atoms with Gasteiger partial charge in [0.25, 0.3) is 0 Å². The van der Waals surface area contributed by atoms with Crippen LogP contribution in [0.3, 0.4) is 0 Å². The van der Waals surface area contributed by atoms with E-state index in [-0.39, 0.29) is 11.9 Å². The Morgan fingerprint density at radius 2 is 1.87 bits per heavy atom. The molecular formula is C21H25NO. The average Bonchev–Trinajstić information content (AvgIpc) is 2.97. The van der Waals surface area contributed by atoms with Crippen molar-refractivity contribution in [1.82, 2.24) is 5.32 Å². The van der Waals surface area contributed by atoms with Gasteiger partial charge in [0.1, 0.15) is 0 Å². The molecule has 1 aliphatic carbocycles. The van der Waals surface area contributed by atoms with Crippen LogP contribution in [0.25, 0.3) is 0 Å². The van der Waals surface area contributed by atoms with E-state index in [1.165, 1.54) is 47.1 Å². The van der Waals surface area contributed by atoms with E-state index in [2.05, 4.69) is 62.5 Å². The molecule has 0 saturated carbocycles. The molecule has 2 heteroatoms. The van der Waals surface area contributed by atoms with Crippen LogP contribution >= 0.6 is 0 Å². The second-order valence-corrected chi connectivity index (χ2v) is 6.78. The first-order chi connectivity index (χ1) is 11.0. The summed E-state index contributed by atoms with van der Waals surface area (Å²) in [5.74, 6) is 0.0879. The molecule has 1 N–H and O–H groups in total. The minimum atomic E-state index is 0.0548. The van der Waals surface area contributed by atoms with Gasteiger partial charge in [-0.2, -0.15) is 0 Å². The van der Waals surface area contributed by atoms with Crippen LogP contribution < -0.4 is 5.32 Å². The Morgan fingerprint density at radius 1 is 1.09 bits per heavy atom. The summed E-state index contributed by atoms with van der Waals surface area (Å²) in [5, 5.41) is 3.14. The molecule has 0 fully saturated rings. The molecule has 3 rings (SSSR count). The number of rotatable bonds is 4. The SMILES string of the molecule is Cc1ccc(CC(=O)NC(C)c2ccc3c(c2)CCC3)c(C)c1. The molecule has 0 aliphatic heterocycles. The Labute approximate surface area is 138 Å². The summed E-state index contributed by atoms with van der Waals surface area (Å²) in [7, 11) is 0. The highest BCUT2D eigenvalue weighted by molar-refractivity contribution is 5.79. The van der Waals surface area contributed by atoms with Gasteiger partial charge in [0.2, 0.25) is 5.91 Å². The minimum absolute atomic E-state index is 0.0548. The first-order valence-electron chi connectivity index (χ1n) is 8.50. The number of amides is 1. The molecule has 0 bridgehead atoms. The Hall–Kier alpha value is -2.09. The fourth-order valence-corrected chi connectivity index (χ4v) is 3.45. The number of benzene rings is 2. The molecule has 0 heterocycles. The summed E-state index contributed by atoms with van der Waals surface area (Å²) in [4.78, 5) is 12.4. The maximum absolute atomic E-state index is 12.4. The standard InChI is InChI=1S/C21H25NO/c1-14-7-8-18(15(2)11-14)13-21(23)22-16(3)19-10-9-17-5-4-6-20(17)12-19/h7-12,16H,4-6,13H2,1-3H3,(H,22,23). The van der Waals surface area contributed by atoms with Crippen molar-refractivity contribution in [3.63, 3.8) is 0 Å². The van der Waals surface area contributed by atoms with Gasteiger partial charge in [0.15, 0.2) is 0 Å². The van der Waals surface area contributed by atoms with E-state index in [4.69, 9.17) is 0 Å². The highest BCUT2D eigenvalue weighted by Crippen LogP contribution is 2.25. The Bertz CT molecular complexity index is 733. The molecule has 0 saturated heterocycles. The summed E-state index contributed by atoms with van der Waals surface area (Å²) in [5.41, 5.74) is 7.66. The van der Waals surface area contributed by atoms with Crippen LogP contribution in [0, 0.1) is 13.8 Å². The minimum Gasteiger partial charge on any atom is -0.349 e. The van der Waals surface area contributed by atoms with Crippen LogP contribution in [-0.4, -0.2) is 5.91 Å². The molecule has 0 radical (unpaired) electrons. The molecule has 2 aromatic carbocycles. The third-order valence-electron chi connectivity index (χ3n) is 4.85. The molecule has 1 unspecified atom stereocenters. The summed E-state index contributed by atoms with van der Waals surface area (Å²) >= 11 is 0. The highest BCUT2D eigenvalue weighted by Gasteiger charge is 2.15. The van der Waals surface area contributed by atoms with E-state index < -0.39 is 0 Å². The second-order valence-electron chi connectivity index (χ2n) is 6.78. The summed E-state index contributed by atoms with van der Waals surface area (Å²) in [6.45, 7) is 6.21. The number of aryl methyl sites for hydroxylation is 4. The number of carbonyl (C=O) groups is 1. The predicted octanol–water partition coefficient (Wildman–Crippen LogP) is 4.21. The van der Waals surface area contributed by atoms with Crippen molar-refractivity contribution in [3.05, 3.63) is 69.8 Å². The Kier molecular flexibility index (Phi) is 4.51. The third-order valence-corrected chi connectivity index (χ3v) is 4.85. The van der Waals surface area contributed by atoms with Crippen LogP contribution in [-0.2, 0) is 24.1 Å². The Balaban J connectivity index is 1.65. The van der Waals surface area contributed by atoms with E-state index in [0.717, 1.165) is 5.56 Å². The van der Waals surface area contributed by atoms with Gasteiger partial charge in [-0.15, -0.1) is 0 Å². The molecule has 1 aliphatic rings. The first kappa shape index (κ1) is 15.8. The smallest absolute Gasteiger partial charge is 0.224 e. The van der Waals surface area contributed by atoms with Crippen molar-refractivity contribution in [1.29, 1.82) is 0 Å². The Morgan fingerprint density at radius 3 is 2.65 bits per heavy atom. The van der Waals surface area contributed by atoms with Crippen molar-refractivity contribution in [2.75, 3.05) is 0 Å². The van der Waals surface area contributed by atoms with Crippen molar-refractivity contribution in [3.8, 4) is 0 Å². The van der Waals surface area contributed by atoms with Gasteiger partial charge >= 0.3 is 0 Å². The molecule has 2 aromatic rings. The van der Waals surface area contributed by atoms with E-state index in [1.807, 2.05) is 0 Å². The molecule has 120 valence electrons. The van der Waals surface area contributed by atoms with Crippen LogP contribution in [0.2, 0.25) is 0 Å². The predicted molar refractivity (Wildman–Crippen MR) is 94.6 cm³/mol. The van der Waals surface area contributed by atoms with Crippen molar-refractivity contribution in [2.24, 2.45) is 0 Å². The van der Waals surface area contributed by atoms with Crippen LogP contribution in [0.1, 0.15) is 52.8 Å². The van der Waals surface area contributed by atoms with Gasteiger partial charge in [-0.1, -0.05) is 42.0 Å². The fourth-order valence-electron chi connectivity index (χ4n) is 3.45. The normalized spacial score (nSPS) is 14.4. The van der Waals surface area contributed by atoms with E-state index in [9.17, 15) is 4.79 Å². The van der Waals surface area contributed by atoms with Gasteiger partial charge in [0.05, 0.1) is 12.5 Å². The number of fused-ring (bicyclic) bond motifs is 1. The second kappa shape index (κ2) is 6.57. The van der Waals surface area contributed by atoms with Crippen LogP contribution in [0.5, 0.6) is 0 Å². The van der Waals surface area contributed by atoms with Gasteiger partial charge in [-0.3, -0.25) is 4.79 Å². The van der Waals surface area contributed by atoms with Gasteiger partial charge in [-0.25, -0.2) is 0 Å². The molecular weight excluding hydrogens is 282 g/mol. The maximum atomic E-state index is 12.4. The first-order valence-corrected chi connectivity index (χ1v) is 8.50. The van der Waals surface area contributed by atoms with Gasteiger partial charge in [0, 0.05) is 0 Å². The van der Waals surface area contributed by atoms with Crippen LogP contribution in [0.4, 0.5) is 0 Å². The molecule has 1 amide bonds. The zero-order valence-corrected chi connectivity index (χ0v) is 14.3. The third kappa shape index (κ3) is 3.64. The number of nitrogens with one attached hydrogen (secondary N) is 1. The lowest BCUT2D eigenvalue weighted by molar-refractivity contribution is -0.121. The number of carbonyl (C=O) groups excluding carboxylic acids is 1. The van der Waals surface area contributed by atoms with Crippen molar-refractivity contribution in [2.45, 2.75) is 52.5 Å². The maximum Gasteiger partial charge on any atom is 0.224 e. The summed E-state index contributed by atoms with van der Waals surface area (Å²) < 4.78 is 0. The molecule has 2 nitrogen and oxygen atoms in total. The quantitative estimate of drug-likeness (QED) is 0.900. The zero-order valence-electron chi connectivity index (χ0n) is 14.3. The lowest BCUT2D eigenvalue weighted by Crippen LogP contribution is -2.28. The topological polar surface area (TPSA) is 29.1 Å². The fraction of sp³-hybridized carbons (Fsp3) is 0.381. The molecule has 1 atom stereocenters. The van der Waals surface area contributed by atoms with E-state index in [1.54, 1.807) is 0 Å². The molecule has 23 heavy (non-hydrogen) atoms. The van der Waals surface area contributed by atoms with Crippen LogP contribution in [0.15, 0.2) is 36.4 Å².